The third-order valence-electron chi connectivity index (χ3n) is 3.32. The van der Waals surface area contributed by atoms with Crippen LogP contribution in [-0.4, -0.2) is 24.2 Å². The monoisotopic (exact) mass is 435 g/mol. The third kappa shape index (κ3) is 7.05. The molecular formula is C18H14ClF4NO3S. The summed E-state index contributed by atoms with van der Waals surface area (Å²) in [5.74, 6) is -1.48. The largest absolute Gasteiger partial charge is 0.456 e. The van der Waals surface area contributed by atoms with E-state index < -0.39 is 30.2 Å². The van der Waals surface area contributed by atoms with Crippen LogP contribution in [0.2, 0.25) is 5.02 Å². The molecule has 2 rings (SSSR count). The summed E-state index contributed by atoms with van der Waals surface area (Å²) in [6.45, 7) is -0.660. The first-order valence-electron chi connectivity index (χ1n) is 7.86. The Morgan fingerprint density at radius 3 is 2.43 bits per heavy atom. The fourth-order valence-corrected chi connectivity index (χ4v) is 2.98. The summed E-state index contributed by atoms with van der Waals surface area (Å²) in [5.41, 5.74) is -1.20. The topological polar surface area (TPSA) is 55.4 Å². The molecule has 0 atom stereocenters. The second-order valence-corrected chi connectivity index (χ2v) is 7.03. The van der Waals surface area contributed by atoms with Crippen molar-refractivity contribution in [2.45, 2.75) is 17.5 Å². The molecule has 0 aliphatic heterocycles. The van der Waals surface area contributed by atoms with Gasteiger partial charge >= 0.3 is 12.1 Å². The Morgan fingerprint density at radius 1 is 1.11 bits per heavy atom. The lowest BCUT2D eigenvalue weighted by molar-refractivity contribution is -0.146. The predicted octanol–water partition coefficient (Wildman–Crippen LogP) is 5.16. The Hall–Kier alpha value is -2.26. The van der Waals surface area contributed by atoms with Crippen molar-refractivity contribution in [2.75, 3.05) is 17.7 Å². The number of ether oxygens (including phenoxy) is 1. The zero-order valence-corrected chi connectivity index (χ0v) is 15.8. The van der Waals surface area contributed by atoms with E-state index in [9.17, 15) is 27.2 Å². The van der Waals surface area contributed by atoms with Crippen LogP contribution in [0.25, 0.3) is 0 Å². The van der Waals surface area contributed by atoms with Gasteiger partial charge in [-0.3, -0.25) is 9.59 Å². The zero-order chi connectivity index (χ0) is 20.7. The quantitative estimate of drug-likeness (QED) is 0.371. The molecule has 10 heteroatoms. The summed E-state index contributed by atoms with van der Waals surface area (Å²) in [6, 6.07) is 8.22. The molecule has 28 heavy (non-hydrogen) atoms. The lowest BCUT2D eigenvalue weighted by Gasteiger charge is -2.11. The molecule has 2 aromatic carbocycles. The molecule has 1 amide bonds. The van der Waals surface area contributed by atoms with Crippen LogP contribution in [0.4, 0.5) is 23.2 Å². The maximum absolute atomic E-state index is 12.8. The van der Waals surface area contributed by atoms with E-state index in [1.54, 1.807) is 12.1 Å². The number of amides is 1. The van der Waals surface area contributed by atoms with E-state index in [1.165, 1.54) is 23.9 Å². The normalized spacial score (nSPS) is 11.2. The third-order valence-corrected chi connectivity index (χ3v) is 4.66. The van der Waals surface area contributed by atoms with E-state index in [0.29, 0.717) is 11.8 Å². The van der Waals surface area contributed by atoms with Crippen molar-refractivity contribution in [3.63, 3.8) is 0 Å². The van der Waals surface area contributed by atoms with Crippen LogP contribution in [-0.2, 0) is 20.5 Å². The zero-order valence-electron chi connectivity index (χ0n) is 14.2. The Balaban J connectivity index is 1.77. The highest BCUT2D eigenvalue weighted by molar-refractivity contribution is 7.99. The maximum atomic E-state index is 12.8. The van der Waals surface area contributed by atoms with Crippen molar-refractivity contribution in [3.05, 3.63) is 58.9 Å². The number of carbonyl (C=O) groups is 2. The van der Waals surface area contributed by atoms with Gasteiger partial charge in [0.05, 0.1) is 22.7 Å². The van der Waals surface area contributed by atoms with Gasteiger partial charge in [0.1, 0.15) is 5.82 Å². The summed E-state index contributed by atoms with van der Waals surface area (Å²) in [7, 11) is 0. The van der Waals surface area contributed by atoms with Gasteiger partial charge in [-0.25, -0.2) is 4.39 Å². The molecule has 0 spiro atoms. The van der Waals surface area contributed by atoms with Gasteiger partial charge in [-0.1, -0.05) is 11.6 Å². The highest BCUT2D eigenvalue weighted by Crippen LogP contribution is 2.33. The molecule has 0 unspecified atom stereocenters. The minimum Gasteiger partial charge on any atom is -0.456 e. The number of carbonyl (C=O) groups excluding carboxylic acids is 2. The molecule has 0 heterocycles. The number of esters is 1. The fourth-order valence-electron chi connectivity index (χ4n) is 1.98. The molecule has 0 fully saturated rings. The first kappa shape index (κ1) is 22.0. The molecule has 0 aliphatic rings. The van der Waals surface area contributed by atoms with E-state index in [0.717, 1.165) is 17.0 Å². The smallest absolute Gasteiger partial charge is 0.416 e. The summed E-state index contributed by atoms with van der Waals surface area (Å²) in [4.78, 5) is 24.2. The first-order chi connectivity index (χ1) is 13.1. The van der Waals surface area contributed by atoms with Crippen LogP contribution in [0.15, 0.2) is 47.4 Å². The van der Waals surface area contributed by atoms with Crippen molar-refractivity contribution in [3.8, 4) is 0 Å². The summed E-state index contributed by atoms with van der Waals surface area (Å²) >= 11 is 7.08. The first-order valence-corrected chi connectivity index (χ1v) is 9.22. The van der Waals surface area contributed by atoms with Gasteiger partial charge in [-0.15, -0.1) is 11.8 Å². The summed E-state index contributed by atoms with van der Waals surface area (Å²) in [6.07, 6.45) is -4.58. The Bertz CT molecular complexity index is 844. The Kier molecular flexibility index (Phi) is 7.70. The predicted molar refractivity (Wildman–Crippen MR) is 97.8 cm³/mol. The number of thioether (sulfide) groups is 1. The standard InChI is InChI=1S/C18H14ClF4NO3S/c19-14-6-1-11(18(21,22)23)9-15(14)24-16(25)10-27-17(26)7-8-28-13-4-2-12(20)3-5-13/h1-6,9H,7-8,10H2,(H,24,25). The molecule has 2 aromatic rings. The highest BCUT2D eigenvalue weighted by Gasteiger charge is 2.31. The van der Waals surface area contributed by atoms with E-state index in [4.69, 9.17) is 16.3 Å². The molecule has 1 N–H and O–H groups in total. The maximum Gasteiger partial charge on any atom is 0.416 e. The number of alkyl halides is 3. The van der Waals surface area contributed by atoms with Crippen LogP contribution in [0, 0.1) is 5.82 Å². The molecular weight excluding hydrogens is 422 g/mol. The number of anilines is 1. The van der Waals surface area contributed by atoms with E-state index >= 15 is 0 Å². The molecule has 0 aromatic heterocycles. The number of rotatable bonds is 7. The van der Waals surface area contributed by atoms with Gasteiger partial charge in [-0.2, -0.15) is 13.2 Å². The van der Waals surface area contributed by atoms with Gasteiger partial charge in [0.15, 0.2) is 6.61 Å². The van der Waals surface area contributed by atoms with Gasteiger partial charge < -0.3 is 10.1 Å². The fraction of sp³-hybridized carbons (Fsp3) is 0.222. The molecule has 0 bridgehead atoms. The number of benzene rings is 2. The lowest BCUT2D eigenvalue weighted by atomic mass is 10.2. The van der Waals surface area contributed by atoms with Crippen LogP contribution < -0.4 is 5.32 Å². The van der Waals surface area contributed by atoms with Gasteiger partial charge in [-0.05, 0) is 42.5 Å². The van der Waals surface area contributed by atoms with Gasteiger partial charge in [0.2, 0.25) is 0 Å². The molecule has 0 saturated heterocycles. The number of halogens is 5. The average Bonchev–Trinajstić information content (AvgIpc) is 2.62. The molecule has 0 saturated carbocycles. The summed E-state index contributed by atoms with van der Waals surface area (Å²) < 4.78 is 55.7. The second kappa shape index (κ2) is 9.79. The average molecular weight is 436 g/mol. The Labute approximate surface area is 167 Å². The van der Waals surface area contributed by atoms with Crippen LogP contribution in [0.3, 0.4) is 0 Å². The number of nitrogens with one attached hydrogen (secondary N) is 1. The number of hydrogen-bond acceptors (Lipinski definition) is 4. The van der Waals surface area contributed by atoms with Gasteiger partial charge in [0, 0.05) is 10.6 Å². The minimum atomic E-state index is -4.58. The van der Waals surface area contributed by atoms with Crippen molar-refractivity contribution >= 4 is 40.9 Å². The van der Waals surface area contributed by atoms with Gasteiger partial charge in [0.25, 0.3) is 5.91 Å². The van der Waals surface area contributed by atoms with Crippen molar-refractivity contribution in [1.29, 1.82) is 0 Å². The SMILES string of the molecule is O=C(COC(=O)CCSc1ccc(F)cc1)Nc1cc(C(F)(F)F)ccc1Cl. The highest BCUT2D eigenvalue weighted by atomic mass is 35.5. The molecule has 150 valence electrons. The molecule has 0 aliphatic carbocycles. The second-order valence-electron chi connectivity index (χ2n) is 5.45. The van der Waals surface area contributed by atoms with E-state index in [1.807, 2.05) is 0 Å². The minimum absolute atomic E-state index is 0.000359. The van der Waals surface area contributed by atoms with Crippen LogP contribution in [0.1, 0.15) is 12.0 Å². The van der Waals surface area contributed by atoms with Crippen molar-refractivity contribution < 1.29 is 31.9 Å². The molecule has 4 nitrogen and oxygen atoms in total. The van der Waals surface area contributed by atoms with Crippen LogP contribution in [0.5, 0.6) is 0 Å². The van der Waals surface area contributed by atoms with E-state index in [2.05, 4.69) is 5.32 Å². The van der Waals surface area contributed by atoms with E-state index in [-0.39, 0.29) is 22.9 Å². The van der Waals surface area contributed by atoms with Crippen molar-refractivity contribution in [1.82, 2.24) is 0 Å². The van der Waals surface area contributed by atoms with Crippen LogP contribution >= 0.6 is 23.4 Å². The Morgan fingerprint density at radius 2 is 1.79 bits per heavy atom. The lowest BCUT2D eigenvalue weighted by Crippen LogP contribution is -2.21. The summed E-state index contributed by atoms with van der Waals surface area (Å²) in [5, 5.41) is 2.10. The molecule has 0 radical (unpaired) electrons. The number of hydrogen-bond donors (Lipinski definition) is 1. The van der Waals surface area contributed by atoms with Crippen molar-refractivity contribution in [2.24, 2.45) is 0 Å².